The van der Waals surface area contributed by atoms with Gasteiger partial charge in [-0.15, -0.1) is 0 Å². The summed E-state index contributed by atoms with van der Waals surface area (Å²) in [6, 6.07) is 11.7. The number of pyridine rings is 1. The second-order valence-electron chi connectivity index (χ2n) is 7.36. The van der Waals surface area contributed by atoms with Crippen LogP contribution in [0.25, 0.3) is 11.0 Å². The molecule has 3 aromatic rings. The maximum atomic E-state index is 12.3. The monoisotopic (exact) mass is 393 g/mol. The molecule has 1 aromatic carbocycles. The molecule has 0 unspecified atom stereocenters. The number of aromatic nitrogens is 3. The highest BCUT2D eigenvalue weighted by molar-refractivity contribution is 5.75. The number of nitrogens with zero attached hydrogens (tertiary/aromatic N) is 4. The van der Waals surface area contributed by atoms with Crippen molar-refractivity contribution in [2.45, 2.75) is 32.2 Å². The molecule has 0 amide bonds. The molecule has 1 saturated heterocycles. The van der Waals surface area contributed by atoms with Crippen LogP contribution in [0.5, 0.6) is 0 Å². The Labute approximate surface area is 170 Å². The Hall–Kier alpha value is -2.93. The minimum absolute atomic E-state index is 0.0656. The Kier molecular flexibility index (Phi) is 6.05. The smallest absolute Gasteiger partial charge is 0.252 e. The van der Waals surface area contributed by atoms with Gasteiger partial charge in [0.2, 0.25) is 5.95 Å². The zero-order chi connectivity index (χ0) is 20.1. The molecule has 7 heteroatoms. The fourth-order valence-electron chi connectivity index (χ4n) is 3.75. The molecule has 0 aliphatic carbocycles. The van der Waals surface area contributed by atoms with E-state index >= 15 is 0 Å². The van der Waals surface area contributed by atoms with Crippen molar-refractivity contribution in [3.8, 4) is 0 Å². The van der Waals surface area contributed by atoms with Crippen LogP contribution in [-0.4, -0.2) is 41.3 Å². The van der Waals surface area contributed by atoms with E-state index < -0.39 is 0 Å². The second-order valence-corrected chi connectivity index (χ2v) is 7.36. The molecule has 29 heavy (non-hydrogen) atoms. The molecule has 1 aliphatic heterocycles. The molecule has 1 fully saturated rings. The lowest BCUT2D eigenvalue weighted by Gasteiger charge is -2.28. The predicted molar refractivity (Wildman–Crippen MR) is 116 cm³/mol. The number of anilines is 3. The number of fused-ring (bicyclic) bond motifs is 1. The fourth-order valence-corrected chi connectivity index (χ4v) is 3.75. The third-order valence-electron chi connectivity index (χ3n) is 5.30. The van der Waals surface area contributed by atoms with Crippen LogP contribution in [-0.2, 0) is 11.3 Å². The van der Waals surface area contributed by atoms with Crippen molar-refractivity contribution in [1.82, 2.24) is 14.5 Å². The SMILES string of the molecule is COCCCn1c(=O)ccc2cnc(Nc3ccc(N4CCCCC4)cc3)nc21. The molecule has 7 nitrogen and oxygen atoms in total. The van der Waals surface area contributed by atoms with E-state index in [2.05, 4.69) is 32.3 Å². The average molecular weight is 393 g/mol. The van der Waals surface area contributed by atoms with E-state index in [4.69, 9.17) is 4.74 Å². The van der Waals surface area contributed by atoms with Gasteiger partial charge in [-0.2, -0.15) is 4.98 Å². The van der Waals surface area contributed by atoms with E-state index in [0.29, 0.717) is 24.7 Å². The number of piperidine rings is 1. The lowest BCUT2D eigenvalue weighted by Crippen LogP contribution is -2.29. The van der Waals surface area contributed by atoms with Gasteiger partial charge in [-0.3, -0.25) is 9.36 Å². The van der Waals surface area contributed by atoms with Crippen LogP contribution in [0.2, 0.25) is 0 Å². The van der Waals surface area contributed by atoms with Gasteiger partial charge < -0.3 is 15.0 Å². The van der Waals surface area contributed by atoms with E-state index in [1.165, 1.54) is 24.9 Å². The largest absolute Gasteiger partial charge is 0.385 e. The van der Waals surface area contributed by atoms with Gasteiger partial charge >= 0.3 is 0 Å². The minimum atomic E-state index is -0.0656. The highest BCUT2D eigenvalue weighted by atomic mass is 16.5. The number of rotatable bonds is 7. The lowest BCUT2D eigenvalue weighted by atomic mass is 10.1. The van der Waals surface area contributed by atoms with Crippen LogP contribution in [0.15, 0.2) is 47.4 Å². The normalized spacial score (nSPS) is 14.3. The van der Waals surface area contributed by atoms with Gasteiger partial charge in [-0.05, 0) is 56.0 Å². The predicted octanol–water partition coefficient (Wildman–Crippen LogP) is 3.56. The molecule has 2 aromatic heterocycles. The quantitative estimate of drug-likeness (QED) is 0.619. The van der Waals surface area contributed by atoms with Crippen LogP contribution in [0.1, 0.15) is 25.7 Å². The van der Waals surface area contributed by atoms with Crippen molar-refractivity contribution in [1.29, 1.82) is 0 Å². The summed E-state index contributed by atoms with van der Waals surface area (Å²) in [5, 5.41) is 4.10. The number of aryl methyl sites for hydroxylation is 1. The molecular weight excluding hydrogens is 366 g/mol. The first-order valence-electron chi connectivity index (χ1n) is 10.2. The highest BCUT2D eigenvalue weighted by Gasteiger charge is 2.11. The molecule has 4 rings (SSSR count). The van der Waals surface area contributed by atoms with Gasteiger partial charge in [-0.1, -0.05) is 0 Å². The third-order valence-corrected chi connectivity index (χ3v) is 5.30. The Morgan fingerprint density at radius 2 is 1.86 bits per heavy atom. The van der Waals surface area contributed by atoms with Gasteiger partial charge in [0, 0.05) is 62.4 Å². The van der Waals surface area contributed by atoms with Gasteiger partial charge in [0.15, 0.2) is 0 Å². The summed E-state index contributed by atoms with van der Waals surface area (Å²) < 4.78 is 6.79. The maximum absolute atomic E-state index is 12.3. The molecule has 0 bridgehead atoms. The van der Waals surface area contributed by atoms with Crippen molar-refractivity contribution >= 4 is 28.4 Å². The lowest BCUT2D eigenvalue weighted by molar-refractivity contribution is 0.190. The van der Waals surface area contributed by atoms with Crippen LogP contribution in [0, 0.1) is 0 Å². The summed E-state index contributed by atoms with van der Waals surface area (Å²) in [5.74, 6) is 0.481. The van der Waals surface area contributed by atoms with E-state index in [1.807, 2.05) is 12.1 Å². The molecule has 1 N–H and O–H groups in total. The van der Waals surface area contributed by atoms with E-state index in [0.717, 1.165) is 30.6 Å². The Bertz CT molecular complexity index is 1010. The first-order valence-corrected chi connectivity index (χ1v) is 10.2. The van der Waals surface area contributed by atoms with Crippen LogP contribution < -0.4 is 15.8 Å². The summed E-state index contributed by atoms with van der Waals surface area (Å²) >= 11 is 0. The number of hydrogen-bond donors (Lipinski definition) is 1. The van der Waals surface area contributed by atoms with Crippen molar-refractivity contribution in [3.05, 3.63) is 52.9 Å². The number of benzene rings is 1. The van der Waals surface area contributed by atoms with E-state index in [1.54, 1.807) is 30.0 Å². The molecule has 0 radical (unpaired) electrons. The zero-order valence-electron chi connectivity index (χ0n) is 16.8. The van der Waals surface area contributed by atoms with E-state index in [-0.39, 0.29) is 5.56 Å². The molecule has 152 valence electrons. The van der Waals surface area contributed by atoms with Gasteiger partial charge in [0.25, 0.3) is 5.56 Å². The topological polar surface area (TPSA) is 72.3 Å². The summed E-state index contributed by atoms with van der Waals surface area (Å²) in [6.45, 7) is 3.41. The van der Waals surface area contributed by atoms with E-state index in [9.17, 15) is 4.79 Å². The van der Waals surface area contributed by atoms with Crippen molar-refractivity contribution in [2.75, 3.05) is 37.0 Å². The van der Waals surface area contributed by atoms with Crippen molar-refractivity contribution in [3.63, 3.8) is 0 Å². The zero-order valence-corrected chi connectivity index (χ0v) is 16.8. The first-order chi connectivity index (χ1) is 14.2. The number of nitrogens with one attached hydrogen (secondary N) is 1. The minimum Gasteiger partial charge on any atom is -0.385 e. The van der Waals surface area contributed by atoms with Gasteiger partial charge in [-0.25, -0.2) is 4.98 Å². The molecular formula is C22H27N5O2. The molecule has 1 aliphatic rings. The van der Waals surface area contributed by atoms with Crippen molar-refractivity contribution < 1.29 is 4.74 Å². The number of hydrogen-bond acceptors (Lipinski definition) is 6. The Morgan fingerprint density at radius 3 is 2.62 bits per heavy atom. The molecule has 0 atom stereocenters. The van der Waals surface area contributed by atoms with Crippen LogP contribution in [0.4, 0.5) is 17.3 Å². The summed E-state index contributed by atoms with van der Waals surface area (Å²) in [5.41, 5.74) is 2.75. The molecule has 0 saturated carbocycles. The number of ether oxygens (including phenoxy) is 1. The molecule has 3 heterocycles. The first kappa shape index (κ1) is 19.4. The fraction of sp³-hybridized carbons (Fsp3) is 0.409. The number of methoxy groups -OCH3 is 1. The summed E-state index contributed by atoms with van der Waals surface area (Å²) in [7, 11) is 1.66. The van der Waals surface area contributed by atoms with Crippen LogP contribution >= 0.6 is 0 Å². The Morgan fingerprint density at radius 1 is 1.07 bits per heavy atom. The average Bonchev–Trinajstić information content (AvgIpc) is 2.76. The Balaban J connectivity index is 1.54. The summed E-state index contributed by atoms with van der Waals surface area (Å²) in [4.78, 5) is 23.8. The van der Waals surface area contributed by atoms with Gasteiger partial charge in [0.05, 0.1) is 0 Å². The summed E-state index contributed by atoms with van der Waals surface area (Å²) in [6.07, 6.45) is 6.35. The third kappa shape index (κ3) is 4.56. The van der Waals surface area contributed by atoms with Gasteiger partial charge in [0.1, 0.15) is 5.65 Å². The van der Waals surface area contributed by atoms with Crippen LogP contribution in [0.3, 0.4) is 0 Å². The standard InChI is InChI=1S/C22H27N5O2/c1-29-15-5-14-27-20(28)11-6-17-16-23-22(25-21(17)27)24-18-7-9-19(10-8-18)26-12-3-2-4-13-26/h6-11,16H,2-5,12-15H2,1H3,(H,23,24,25). The van der Waals surface area contributed by atoms with Crippen molar-refractivity contribution in [2.24, 2.45) is 0 Å². The molecule has 0 spiro atoms. The maximum Gasteiger partial charge on any atom is 0.252 e. The highest BCUT2D eigenvalue weighted by Crippen LogP contribution is 2.23. The second kappa shape index (κ2) is 9.05.